The fourth-order valence-corrected chi connectivity index (χ4v) is 2.36. The Balaban J connectivity index is 2.18. The molecule has 1 aliphatic carbocycles. The summed E-state index contributed by atoms with van der Waals surface area (Å²) in [4.78, 5) is 0. The Bertz CT molecular complexity index is 526. The standard InChI is InChI=1S/C11H16N2O3S/c1-13(2)17(14,15)16-10-3-4-11-8(6-10)5-9(11)7-12/h3-4,6,9H,5,7,12H2,1-2H3. The lowest BCUT2D eigenvalue weighted by Gasteiger charge is -2.29. The van der Waals surface area contributed by atoms with Crippen LogP contribution in [0.2, 0.25) is 0 Å². The highest BCUT2D eigenvalue weighted by Crippen LogP contribution is 2.36. The molecule has 94 valence electrons. The zero-order valence-corrected chi connectivity index (χ0v) is 10.7. The zero-order valence-electron chi connectivity index (χ0n) is 9.88. The molecular weight excluding hydrogens is 240 g/mol. The van der Waals surface area contributed by atoms with Crippen LogP contribution < -0.4 is 9.92 Å². The SMILES string of the molecule is CN(C)S(=O)(=O)Oc1ccc2c(c1)CC2CN. The minimum atomic E-state index is -3.67. The summed E-state index contributed by atoms with van der Waals surface area (Å²) in [7, 11) is -0.804. The maximum Gasteiger partial charge on any atom is 0.384 e. The zero-order chi connectivity index (χ0) is 12.6. The summed E-state index contributed by atoms with van der Waals surface area (Å²) in [5.41, 5.74) is 7.91. The van der Waals surface area contributed by atoms with Crippen molar-refractivity contribution in [2.75, 3.05) is 20.6 Å². The fourth-order valence-electron chi connectivity index (χ4n) is 1.86. The van der Waals surface area contributed by atoms with E-state index in [1.54, 1.807) is 12.1 Å². The van der Waals surface area contributed by atoms with Crippen molar-refractivity contribution in [3.05, 3.63) is 29.3 Å². The van der Waals surface area contributed by atoms with Crippen molar-refractivity contribution < 1.29 is 12.6 Å². The van der Waals surface area contributed by atoms with Crippen molar-refractivity contribution in [1.82, 2.24) is 4.31 Å². The van der Waals surface area contributed by atoms with E-state index >= 15 is 0 Å². The van der Waals surface area contributed by atoms with Gasteiger partial charge in [0.1, 0.15) is 5.75 Å². The van der Waals surface area contributed by atoms with Crippen LogP contribution in [0.4, 0.5) is 0 Å². The van der Waals surface area contributed by atoms with Gasteiger partial charge in [0.2, 0.25) is 0 Å². The molecule has 0 amide bonds. The first-order valence-corrected chi connectivity index (χ1v) is 6.75. The van der Waals surface area contributed by atoms with E-state index in [-0.39, 0.29) is 0 Å². The Kier molecular flexibility index (Phi) is 3.11. The highest BCUT2D eigenvalue weighted by Gasteiger charge is 2.26. The van der Waals surface area contributed by atoms with Gasteiger partial charge < -0.3 is 9.92 Å². The van der Waals surface area contributed by atoms with Crippen molar-refractivity contribution in [1.29, 1.82) is 0 Å². The van der Waals surface area contributed by atoms with Crippen LogP contribution in [0.3, 0.4) is 0 Å². The number of nitrogens with two attached hydrogens (primary N) is 1. The first-order chi connectivity index (χ1) is 7.94. The maximum atomic E-state index is 11.5. The molecule has 1 aromatic rings. The minimum Gasteiger partial charge on any atom is -0.371 e. The second-order valence-corrected chi connectivity index (χ2v) is 6.07. The van der Waals surface area contributed by atoms with Gasteiger partial charge in [-0.3, -0.25) is 0 Å². The number of hydrogen-bond donors (Lipinski definition) is 1. The largest absolute Gasteiger partial charge is 0.384 e. The van der Waals surface area contributed by atoms with Crippen LogP contribution in [0, 0.1) is 0 Å². The lowest BCUT2D eigenvalue weighted by atomic mass is 9.78. The molecule has 0 radical (unpaired) electrons. The maximum absolute atomic E-state index is 11.5. The molecule has 0 spiro atoms. The van der Waals surface area contributed by atoms with E-state index in [0.29, 0.717) is 18.2 Å². The van der Waals surface area contributed by atoms with Crippen LogP contribution in [-0.4, -0.2) is 33.4 Å². The molecule has 1 atom stereocenters. The molecule has 0 saturated carbocycles. The van der Waals surface area contributed by atoms with Crippen LogP contribution in [0.5, 0.6) is 5.75 Å². The third-order valence-corrected chi connectivity index (χ3v) is 4.25. The van der Waals surface area contributed by atoms with Gasteiger partial charge >= 0.3 is 10.3 Å². The van der Waals surface area contributed by atoms with E-state index in [9.17, 15) is 8.42 Å². The molecule has 0 saturated heterocycles. The second kappa shape index (κ2) is 4.29. The third-order valence-electron chi connectivity index (χ3n) is 2.95. The summed E-state index contributed by atoms with van der Waals surface area (Å²) in [5.74, 6) is 0.762. The average molecular weight is 256 g/mol. The van der Waals surface area contributed by atoms with Crippen molar-refractivity contribution >= 4 is 10.3 Å². The van der Waals surface area contributed by atoms with Crippen LogP contribution >= 0.6 is 0 Å². The summed E-state index contributed by atoms with van der Waals surface area (Å²) in [6.07, 6.45) is 0.894. The van der Waals surface area contributed by atoms with Gasteiger partial charge in [-0.2, -0.15) is 12.7 Å². The van der Waals surface area contributed by atoms with Gasteiger partial charge in [-0.25, -0.2) is 0 Å². The summed E-state index contributed by atoms with van der Waals surface area (Å²) >= 11 is 0. The highest BCUT2D eigenvalue weighted by molar-refractivity contribution is 7.84. The van der Waals surface area contributed by atoms with Crippen LogP contribution in [-0.2, 0) is 16.7 Å². The molecule has 6 heteroatoms. The van der Waals surface area contributed by atoms with Gasteiger partial charge in [-0.15, -0.1) is 0 Å². The van der Waals surface area contributed by atoms with E-state index in [2.05, 4.69) is 0 Å². The van der Waals surface area contributed by atoms with Crippen molar-refractivity contribution in [2.24, 2.45) is 5.73 Å². The van der Waals surface area contributed by atoms with Gasteiger partial charge in [-0.05, 0) is 36.2 Å². The van der Waals surface area contributed by atoms with E-state index in [0.717, 1.165) is 16.3 Å². The number of nitrogens with zero attached hydrogens (tertiary/aromatic N) is 1. The Morgan fingerprint density at radius 3 is 2.71 bits per heavy atom. The Hall–Kier alpha value is -1.11. The van der Waals surface area contributed by atoms with Crippen LogP contribution in [0.15, 0.2) is 18.2 Å². The summed E-state index contributed by atoms with van der Waals surface area (Å²) in [6.45, 7) is 0.628. The molecule has 1 aromatic carbocycles. The normalized spacial score (nSPS) is 18.7. The fraction of sp³-hybridized carbons (Fsp3) is 0.455. The first-order valence-electron chi connectivity index (χ1n) is 5.39. The van der Waals surface area contributed by atoms with Crippen molar-refractivity contribution in [3.8, 4) is 5.75 Å². The average Bonchev–Trinajstić information content (AvgIpc) is 2.21. The molecular formula is C11H16N2O3S. The lowest BCUT2D eigenvalue weighted by Crippen LogP contribution is -2.28. The smallest absolute Gasteiger partial charge is 0.371 e. The molecule has 1 unspecified atom stereocenters. The number of benzene rings is 1. The van der Waals surface area contributed by atoms with Crippen molar-refractivity contribution in [3.63, 3.8) is 0 Å². The van der Waals surface area contributed by atoms with Gasteiger partial charge in [0.25, 0.3) is 0 Å². The Labute approximate surface area is 101 Å². The molecule has 1 aliphatic rings. The molecule has 0 aromatic heterocycles. The highest BCUT2D eigenvalue weighted by atomic mass is 32.2. The summed E-state index contributed by atoms with van der Waals surface area (Å²) in [6, 6.07) is 5.32. The minimum absolute atomic E-state index is 0.355. The van der Waals surface area contributed by atoms with E-state index < -0.39 is 10.3 Å². The quantitative estimate of drug-likeness (QED) is 0.850. The van der Waals surface area contributed by atoms with Gasteiger partial charge in [0.15, 0.2) is 0 Å². The van der Waals surface area contributed by atoms with Crippen LogP contribution in [0.1, 0.15) is 17.0 Å². The van der Waals surface area contributed by atoms with E-state index in [1.807, 2.05) is 6.07 Å². The molecule has 0 bridgehead atoms. The van der Waals surface area contributed by atoms with Gasteiger partial charge in [0, 0.05) is 20.0 Å². The molecule has 0 heterocycles. The predicted molar refractivity (Wildman–Crippen MR) is 65.2 cm³/mol. The number of hydrogen-bond acceptors (Lipinski definition) is 4. The molecule has 5 nitrogen and oxygen atoms in total. The lowest BCUT2D eigenvalue weighted by molar-refractivity contribution is 0.420. The predicted octanol–water partition coefficient (Wildman–Crippen LogP) is 0.470. The Morgan fingerprint density at radius 1 is 1.47 bits per heavy atom. The van der Waals surface area contributed by atoms with E-state index in [1.165, 1.54) is 19.7 Å². The number of fused-ring (bicyclic) bond motifs is 1. The molecule has 0 aliphatic heterocycles. The van der Waals surface area contributed by atoms with Crippen molar-refractivity contribution in [2.45, 2.75) is 12.3 Å². The number of rotatable bonds is 4. The third kappa shape index (κ3) is 2.29. The molecule has 2 rings (SSSR count). The molecule has 0 fully saturated rings. The topological polar surface area (TPSA) is 72.6 Å². The molecule has 2 N–H and O–H groups in total. The first kappa shape index (κ1) is 12.3. The van der Waals surface area contributed by atoms with E-state index in [4.69, 9.17) is 9.92 Å². The molecule has 17 heavy (non-hydrogen) atoms. The van der Waals surface area contributed by atoms with Crippen LogP contribution in [0.25, 0.3) is 0 Å². The monoisotopic (exact) mass is 256 g/mol. The van der Waals surface area contributed by atoms with Gasteiger partial charge in [0.05, 0.1) is 0 Å². The van der Waals surface area contributed by atoms with Gasteiger partial charge in [-0.1, -0.05) is 6.07 Å². The summed E-state index contributed by atoms with van der Waals surface area (Å²) in [5, 5.41) is 0. The summed E-state index contributed by atoms with van der Waals surface area (Å²) < 4.78 is 29.0. The Morgan fingerprint density at radius 2 is 2.18 bits per heavy atom. The second-order valence-electron chi connectivity index (χ2n) is 4.32.